The molecule has 1 N–H and O–H groups in total. The molecule has 5 nitrogen and oxygen atoms in total. The van der Waals surface area contributed by atoms with Crippen molar-refractivity contribution in [3.63, 3.8) is 0 Å². The second-order valence-corrected chi connectivity index (χ2v) is 3.76. The molecule has 0 radical (unpaired) electrons. The van der Waals surface area contributed by atoms with Gasteiger partial charge in [-0.05, 0) is 6.07 Å². The van der Waals surface area contributed by atoms with Crippen molar-refractivity contribution in [2.45, 2.75) is 13.1 Å². The number of methoxy groups -OCH3 is 1. The first-order valence-electron chi connectivity index (χ1n) is 5.47. The third kappa shape index (κ3) is 2.82. The van der Waals surface area contributed by atoms with E-state index in [9.17, 15) is 0 Å². The Balaban J connectivity index is 1.92. The van der Waals surface area contributed by atoms with Crippen molar-refractivity contribution >= 4 is 0 Å². The number of hydrogen-bond acceptors (Lipinski definition) is 4. The van der Waals surface area contributed by atoms with Crippen LogP contribution in [0.1, 0.15) is 11.3 Å². The highest BCUT2D eigenvalue weighted by molar-refractivity contribution is 5.32. The lowest BCUT2D eigenvalue weighted by Crippen LogP contribution is -2.15. The molecule has 0 bridgehead atoms. The van der Waals surface area contributed by atoms with Gasteiger partial charge in [-0.2, -0.15) is 0 Å². The number of benzene rings is 1. The molecule has 0 aliphatic rings. The molecule has 1 aromatic carbocycles. The molecule has 1 aromatic heterocycles. The maximum Gasteiger partial charge on any atom is 0.123 e. The summed E-state index contributed by atoms with van der Waals surface area (Å²) < 4.78 is 7.05. The molecule has 17 heavy (non-hydrogen) atoms. The lowest BCUT2D eigenvalue weighted by molar-refractivity contribution is 0.407. The molecule has 0 amide bonds. The van der Waals surface area contributed by atoms with Gasteiger partial charge in [-0.25, -0.2) is 0 Å². The molecule has 0 saturated heterocycles. The minimum absolute atomic E-state index is 0.738. The molecule has 0 spiro atoms. The first-order valence-corrected chi connectivity index (χ1v) is 5.47. The number of para-hydroxylation sites is 1. The Morgan fingerprint density at radius 2 is 2.12 bits per heavy atom. The van der Waals surface area contributed by atoms with E-state index in [1.807, 2.05) is 31.3 Å². The van der Waals surface area contributed by atoms with E-state index in [4.69, 9.17) is 4.74 Å². The Morgan fingerprint density at radius 3 is 2.82 bits per heavy atom. The lowest BCUT2D eigenvalue weighted by Gasteiger charge is -2.09. The summed E-state index contributed by atoms with van der Waals surface area (Å²) in [6.07, 6.45) is 1.76. The van der Waals surface area contributed by atoms with Crippen molar-refractivity contribution in [2.24, 2.45) is 7.05 Å². The summed E-state index contributed by atoms with van der Waals surface area (Å²) in [6.45, 7) is 1.50. The van der Waals surface area contributed by atoms with Crippen LogP contribution in [0, 0.1) is 0 Å². The fourth-order valence-corrected chi connectivity index (χ4v) is 1.65. The van der Waals surface area contributed by atoms with E-state index in [1.165, 1.54) is 0 Å². The monoisotopic (exact) mass is 232 g/mol. The molecular formula is C12H16N4O. The molecule has 90 valence electrons. The number of rotatable bonds is 5. The third-order valence-corrected chi connectivity index (χ3v) is 2.62. The van der Waals surface area contributed by atoms with E-state index in [-0.39, 0.29) is 0 Å². The number of aromatic nitrogens is 3. The van der Waals surface area contributed by atoms with Gasteiger partial charge in [0.25, 0.3) is 0 Å². The molecule has 0 aliphatic carbocycles. The van der Waals surface area contributed by atoms with Crippen molar-refractivity contribution in [1.29, 1.82) is 0 Å². The van der Waals surface area contributed by atoms with E-state index < -0.39 is 0 Å². The van der Waals surface area contributed by atoms with Crippen molar-refractivity contribution in [3.8, 4) is 5.75 Å². The number of aryl methyl sites for hydroxylation is 1. The molecule has 0 atom stereocenters. The van der Waals surface area contributed by atoms with Gasteiger partial charge in [0.15, 0.2) is 0 Å². The molecule has 1 heterocycles. The van der Waals surface area contributed by atoms with Crippen LogP contribution in [-0.4, -0.2) is 22.1 Å². The van der Waals surface area contributed by atoms with Crippen LogP contribution in [0.4, 0.5) is 0 Å². The van der Waals surface area contributed by atoms with Crippen LogP contribution in [0.15, 0.2) is 30.5 Å². The second-order valence-electron chi connectivity index (χ2n) is 3.76. The largest absolute Gasteiger partial charge is 0.496 e. The van der Waals surface area contributed by atoms with Crippen molar-refractivity contribution in [2.75, 3.05) is 7.11 Å². The minimum atomic E-state index is 0.738. The van der Waals surface area contributed by atoms with Crippen LogP contribution in [0.3, 0.4) is 0 Å². The number of nitrogens with zero attached hydrogens (tertiary/aromatic N) is 3. The van der Waals surface area contributed by atoms with Gasteiger partial charge in [-0.3, -0.25) is 4.68 Å². The van der Waals surface area contributed by atoms with E-state index in [2.05, 4.69) is 15.6 Å². The van der Waals surface area contributed by atoms with Gasteiger partial charge in [0, 0.05) is 25.7 Å². The minimum Gasteiger partial charge on any atom is -0.496 e. The average Bonchev–Trinajstić information content (AvgIpc) is 2.76. The average molecular weight is 232 g/mol. The van der Waals surface area contributed by atoms with Crippen LogP contribution in [0.25, 0.3) is 0 Å². The molecule has 0 aliphatic heterocycles. The van der Waals surface area contributed by atoms with E-state index in [0.29, 0.717) is 0 Å². The Morgan fingerprint density at radius 1 is 1.29 bits per heavy atom. The lowest BCUT2D eigenvalue weighted by atomic mass is 10.2. The van der Waals surface area contributed by atoms with Crippen LogP contribution < -0.4 is 10.1 Å². The summed E-state index contributed by atoms with van der Waals surface area (Å²) >= 11 is 0. The molecular weight excluding hydrogens is 216 g/mol. The number of nitrogens with one attached hydrogen (secondary N) is 1. The van der Waals surface area contributed by atoms with Gasteiger partial charge >= 0.3 is 0 Å². The third-order valence-electron chi connectivity index (χ3n) is 2.62. The molecule has 2 aromatic rings. The second kappa shape index (κ2) is 5.45. The highest BCUT2D eigenvalue weighted by atomic mass is 16.5. The quantitative estimate of drug-likeness (QED) is 0.839. The standard InChI is InChI=1S/C12H16N4O/c1-16-11(9-14-15-16)8-13-7-10-5-3-4-6-12(10)17-2/h3-6,9,13H,7-8H2,1-2H3. The SMILES string of the molecule is COc1ccccc1CNCc1cnnn1C. The van der Waals surface area contributed by atoms with Crippen molar-refractivity contribution in [1.82, 2.24) is 20.3 Å². The molecule has 2 rings (SSSR count). The summed E-state index contributed by atoms with van der Waals surface area (Å²) in [5, 5.41) is 11.0. The number of ether oxygens (including phenoxy) is 1. The van der Waals surface area contributed by atoms with Crippen LogP contribution >= 0.6 is 0 Å². The van der Waals surface area contributed by atoms with E-state index >= 15 is 0 Å². The highest BCUT2D eigenvalue weighted by Crippen LogP contribution is 2.16. The van der Waals surface area contributed by atoms with Gasteiger partial charge in [0.2, 0.25) is 0 Å². The summed E-state index contributed by atoms with van der Waals surface area (Å²) in [5.41, 5.74) is 2.20. The zero-order valence-electron chi connectivity index (χ0n) is 10.1. The Labute approximate surface area is 100 Å². The molecule has 0 unspecified atom stereocenters. The zero-order chi connectivity index (χ0) is 12.1. The van der Waals surface area contributed by atoms with Crippen molar-refractivity contribution in [3.05, 3.63) is 41.7 Å². The molecule has 5 heteroatoms. The van der Waals surface area contributed by atoms with Crippen LogP contribution in [-0.2, 0) is 20.1 Å². The summed E-state index contributed by atoms with van der Waals surface area (Å²) in [4.78, 5) is 0. The predicted molar refractivity (Wildman–Crippen MR) is 64.5 cm³/mol. The van der Waals surface area contributed by atoms with Gasteiger partial charge in [0.05, 0.1) is 19.0 Å². The van der Waals surface area contributed by atoms with E-state index in [0.717, 1.165) is 30.1 Å². The topological polar surface area (TPSA) is 52.0 Å². The normalized spacial score (nSPS) is 10.5. The smallest absolute Gasteiger partial charge is 0.123 e. The van der Waals surface area contributed by atoms with Crippen LogP contribution in [0.2, 0.25) is 0 Å². The zero-order valence-corrected chi connectivity index (χ0v) is 10.1. The predicted octanol–water partition coefficient (Wildman–Crippen LogP) is 1.11. The molecule has 0 fully saturated rings. The summed E-state index contributed by atoms with van der Waals surface area (Å²) in [7, 11) is 3.57. The summed E-state index contributed by atoms with van der Waals surface area (Å²) in [6, 6.07) is 7.98. The maximum atomic E-state index is 5.29. The maximum absolute atomic E-state index is 5.29. The Bertz CT molecular complexity index is 481. The highest BCUT2D eigenvalue weighted by Gasteiger charge is 2.02. The fourth-order valence-electron chi connectivity index (χ4n) is 1.65. The first-order chi connectivity index (χ1) is 8.31. The van der Waals surface area contributed by atoms with Crippen LogP contribution in [0.5, 0.6) is 5.75 Å². The van der Waals surface area contributed by atoms with Gasteiger partial charge in [0.1, 0.15) is 5.75 Å². The molecule has 0 saturated carbocycles. The Kier molecular flexibility index (Phi) is 3.72. The fraction of sp³-hybridized carbons (Fsp3) is 0.333. The van der Waals surface area contributed by atoms with Gasteiger partial charge in [-0.1, -0.05) is 23.4 Å². The summed E-state index contributed by atoms with van der Waals surface area (Å²) in [5.74, 6) is 0.906. The first kappa shape index (κ1) is 11.6. The van der Waals surface area contributed by atoms with Gasteiger partial charge in [-0.15, -0.1) is 5.10 Å². The van der Waals surface area contributed by atoms with Crippen molar-refractivity contribution < 1.29 is 4.74 Å². The Hall–Kier alpha value is -1.88. The number of hydrogen-bond donors (Lipinski definition) is 1. The van der Waals surface area contributed by atoms with Gasteiger partial charge < -0.3 is 10.1 Å². The van der Waals surface area contributed by atoms with E-state index in [1.54, 1.807) is 18.0 Å².